The number of nitrogens with one attached hydrogen (secondary N) is 1. The van der Waals surface area contributed by atoms with Crippen LogP contribution in [0, 0.1) is 11.8 Å². The summed E-state index contributed by atoms with van der Waals surface area (Å²) >= 11 is 0. The molecular formula is C27H40N6O5. The monoisotopic (exact) mass is 528 g/mol. The number of carbonyl (C=O) groups is 1. The summed E-state index contributed by atoms with van der Waals surface area (Å²) in [5.41, 5.74) is 8.09. The maximum absolute atomic E-state index is 14.0. The Morgan fingerprint density at radius 3 is 2.66 bits per heavy atom. The van der Waals surface area contributed by atoms with Gasteiger partial charge in [0.1, 0.15) is 6.61 Å². The number of aromatic nitrogens is 4. The number of hydrogen-bond acceptors (Lipinski definition) is 9. The van der Waals surface area contributed by atoms with Gasteiger partial charge >= 0.3 is 5.69 Å². The molecule has 3 N–H and O–H groups in total. The van der Waals surface area contributed by atoms with E-state index < -0.39 is 5.79 Å². The zero-order valence-electron chi connectivity index (χ0n) is 22.9. The Bertz CT molecular complexity index is 1270. The molecule has 3 fully saturated rings. The summed E-state index contributed by atoms with van der Waals surface area (Å²) in [5.74, 6) is -0.680. The second-order valence-corrected chi connectivity index (χ2v) is 11.0. The van der Waals surface area contributed by atoms with Gasteiger partial charge in [0.05, 0.1) is 19.1 Å². The van der Waals surface area contributed by atoms with Crippen molar-refractivity contribution in [2.75, 3.05) is 33.4 Å². The fourth-order valence-electron chi connectivity index (χ4n) is 6.28. The normalized spacial score (nSPS) is 26.3. The number of nitrogens with two attached hydrogens (primary N) is 1. The molecule has 2 aliphatic heterocycles. The van der Waals surface area contributed by atoms with Crippen LogP contribution in [0.1, 0.15) is 69.4 Å². The molecule has 2 aromatic heterocycles. The van der Waals surface area contributed by atoms with Crippen molar-refractivity contribution in [2.45, 2.75) is 70.6 Å². The number of likely N-dealkylation sites (tertiary alicyclic amines) is 1. The molecule has 0 bridgehead atoms. The van der Waals surface area contributed by atoms with Gasteiger partial charge in [0.25, 0.3) is 0 Å². The minimum absolute atomic E-state index is 0.0355. The van der Waals surface area contributed by atoms with Crippen LogP contribution in [0.5, 0.6) is 5.88 Å². The van der Waals surface area contributed by atoms with Crippen LogP contribution >= 0.6 is 0 Å². The van der Waals surface area contributed by atoms with Crippen LogP contribution < -0.4 is 16.2 Å². The van der Waals surface area contributed by atoms with Crippen LogP contribution in [0.2, 0.25) is 0 Å². The second-order valence-electron chi connectivity index (χ2n) is 11.0. The molecule has 3 aliphatic rings. The molecule has 1 saturated carbocycles. The van der Waals surface area contributed by atoms with E-state index in [4.69, 9.17) is 19.9 Å². The summed E-state index contributed by atoms with van der Waals surface area (Å²) in [6.07, 6.45) is 5.83. The van der Waals surface area contributed by atoms with Crippen molar-refractivity contribution in [1.29, 1.82) is 0 Å². The number of carbonyl (C=O) groups excluding carboxylic acids is 1. The van der Waals surface area contributed by atoms with Gasteiger partial charge < -0.3 is 19.9 Å². The zero-order chi connectivity index (χ0) is 27.0. The Hall–Kier alpha value is -2.76. The van der Waals surface area contributed by atoms with Crippen LogP contribution in [-0.2, 0) is 16.5 Å². The minimum Gasteiger partial charge on any atom is -0.474 e. The topological polar surface area (TPSA) is 138 Å². The molecule has 0 radical (unpaired) electrons. The summed E-state index contributed by atoms with van der Waals surface area (Å²) in [6, 6.07) is 0.218. The van der Waals surface area contributed by atoms with Gasteiger partial charge in [0.15, 0.2) is 17.0 Å². The number of imidazole rings is 1. The zero-order valence-corrected chi connectivity index (χ0v) is 22.9. The van der Waals surface area contributed by atoms with Crippen LogP contribution in [0.15, 0.2) is 16.1 Å². The Morgan fingerprint density at radius 2 is 1.97 bits per heavy atom. The van der Waals surface area contributed by atoms with Crippen LogP contribution in [0.3, 0.4) is 0 Å². The second kappa shape index (κ2) is 10.8. The number of fused-ring (bicyclic) bond motifs is 1. The molecule has 0 amide bonds. The first kappa shape index (κ1) is 26.8. The lowest BCUT2D eigenvalue weighted by molar-refractivity contribution is -0.203. The number of ether oxygens (including phenoxy) is 3. The van der Waals surface area contributed by atoms with Gasteiger partial charge in [0.2, 0.25) is 17.5 Å². The van der Waals surface area contributed by atoms with E-state index >= 15 is 0 Å². The summed E-state index contributed by atoms with van der Waals surface area (Å²) in [6.45, 7) is 6.66. The lowest BCUT2D eigenvalue weighted by atomic mass is 9.79. The van der Waals surface area contributed by atoms with Gasteiger partial charge in [-0.25, -0.2) is 9.78 Å². The number of likely N-dealkylation sites (N-methyl/N-ethyl adjacent to an activating group) is 1. The number of ketones is 1. The lowest BCUT2D eigenvalue weighted by Gasteiger charge is -2.40. The van der Waals surface area contributed by atoms with Crippen molar-refractivity contribution < 1.29 is 19.0 Å². The fraction of sp³-hybridized carbons (Fsp3) is 0.704. The number of aromatic amines is 1. The quantitative estimate of drug-likeness (QED) is 0.391. The molecule has 11 nitrogen and oxygen atoms in total. The molecule has 1 spiro atoms. The summed E-state index contributed by atoms with van der Waals surface area (Å²) in [7, 11) is 3.71. The molecule has 2 unspecified atom stereocenters. The molecule has 2 aromatic rings. The molecular weight excluding hydrogens is 488 g/mol. The Balaban J connectivity index is 1.53. The van der Waals surface area contributed by atoms with E-state index in [1.54, 1.807) is 7.05 Å². The van der Waals surface area contributed by atoms with Gasteiger partial charge in [-0.1, -0.05) is 26.7 Å². The Morgan fingerprint density at radius 1 is 1.21 bits per heavy atom. The molecule has 3 atom stereocenters. The summed E-state index contributed by atoms with van der Waals surface area (Å²) < 4.78 is 19.8. The van der Waals surface area contributed by atoms with E-state index in [-0.39, 0.29) is 40.8 Å². The number of H-pyrrole nitrogens is 1. The summed E-state index contributed by atoms with van der Waals surface area (Å²) in [4.78, 5) is 40.5. The largest absolute Gasteiger partial charge is 0.474 e. The molecule has 38 heavy (non-hydrogen) atoms. The summed E-state index contributed by atoms with van der Waals surface area (Å²) in [5, 5.41) is 0. The lowest BCUT2D eigenvalue weighted by Crippen LogP contribution is -2.45. The predicted octanol–water partition coefficient (Wildman–Crippen LogP) is 2.50. The average Bonchev–Trinajstić information content (AvgIpc) is 3.58. The van der Waals surface area contributed by atoms with Crippen LogP contribution in [0.4, 0.5) is 0 Å². The van der Waals surface area contributed by atoms with E-state index in [0.29, 0.717) is 48.9 Å². The maximum atomic E-state index is 14.0. The van der Waals surface area contributed by atoms with Crippen molar-refractivity contribution in [3.63, 3.8) is 0 Å². The molecule has 4 heterocycles. The van der Waals surface area contributed by atoms with Crippen molar-refractivity contribution in [3.8, 4) is 5.88 Å². The van der Waals surface area contributed by atoms with Gasteiger partial charge in [-0.05, 0) is 45.2 Å². The highest BCUT2D eigenvalue weighted by molar-refractivity contribution is 6.07. The standard InChI is InChI=1S/C27H40N6O5/c1-5-8-17(20(28)18-9-6-7-11-27(18)37-13-14-38-27)22(34)24-29-23-21(33(4)26(35)31-23)25(30-24)36-15-19-16(2)10-12-32(19)3/h16,18-19H,5-15,28H2,1-4H3,(H,29,30,31,35)/b20-17-/t16?,18?,19-/m1/s1. The van der Waals surface area contributed by atoms with E-state index in [1.165, 1.54) is 4.57 Å². The fourth-order valence-corrected chi connectivity index (χ4v) is 6.28. The van der Waals surface area contributed by atoms with E-state index in [9.17, 15) is 9.59 Å². The van der Waals surface area contributed by atoms with Crippen LogP contribution in [-0.4, -0.2) is 75.4 Å². The van der Waals surface area contributed by atoms with E-state index in [0.717, 1.165) is 45.1 Å². The number of hydrogen-bond donors (Lipinski definition) is 2. The van der Waals surface area contributed by atoms with Gasteiger partial charge in [-0.15, -0.1) is 0 Å². The molecule has 11 heteroatoms. The Labute approximate surface area is 222 Å². The van der Waals surface area contributed by atoms with Crippen molar-refractivity contribution in [3.05, 3.63) is 27.6 Å². The SMILES string of the molecule is CCC/C(C(=O)c1nc(OC[C@@H]2C(C)CCN2C)c2c(n1)[nH]c(=O)n2C)=C(/N)C1CCCCC12OCCO2. The van der Waals surface area contributed by atoms with E-state index in [2.05, 4.69) is 33.8 Å². The van der Waals surface area contributed by atoms with Crippen molar-refractivity contribution in [2.24, 2.45) is 24.6 Å². The molecule has 0 aromatic carbocycles. The van der Waals surface area contributed by atoms with Crippen molar-refractivity contribution >= 4 is 16.9 Å². The number of rotatable bonds is 8. The third-order valence-electron chi connectivity index (χ3n) is 8.54. The van der Waals surface area contributed by atoms with Gasteiger partial charge in [0, 0.05) is 30.8 Å². The van der Waals surface area contributed by atoms with Crippen molar-refractivity contribution in [1.82, 2.24) is 24.4 Å². The third kappa shape index (κ3) is 4.76. The molecule has 2 saturated heterocycles. The first-order valence-corrected chi connectivity index (χ1v) is 13.9. The average molecular weight is 529 g/mol. The van der Waals surface area contributed by atoms with Gasteiger partial charge in [-0.2, -0.15) is 4.98 Å². The highest BCUT2D eigenvalue weighted by Crippen LogP contribution is 2.44. The number of Topliss-reactive ketones (excluding diaryl/α,β-unsaturated/α-hetero) is 1. The maximum Gasteiger partial charge on any atom is 0.327 e. The first-order valence-electron chi connectivity index (χ1n) is 13.9. The Kier molecular flexibility index (Phi) is 7.61. The van der Waals surface area contributed by atoms with E-state index in [1.807, 2.05) is 6.92 Å². The number of nitrogens with zero attached hydrogens (tertiary/aromatic N) is 4. The number of allylic oxidation sites excluding steroid dienone is 1. The number of aryl methyl sites for hydroxylation is 1. The minimum atomic E-state index is -0.768. The highest BCUT2D eigenvalue weighted by atomic mass is 16.7. The molecule has 5 rings (SSSR count). The smallest absolute Gasteiger partial charge is 0.327 e. The first-order chi connectivity index (χ1) is 18.3. The predicted molar refractivity (Wildman–Crippen MR) is 142 cm³/mol. The highest BCUT2D eigenvalue weighted by Gasteiger charge is 2.48. The molecule has 208 valence electrons. The molecule has 1 aliphatic carbocycles. The third-order valence-corrected chi connectivity index (χ3v) is 8.54. The van der Waals surface area contributed by atoms with Gasteiger partial charge in [-0.3, -0.25) is 19.2 Å². The van der Waals surface area contributed by atoms with Crippen LogP contribution in [0.25, 0.3) is 11.2 Å².